The van der Waals surface area contributed by atoms with Gasteiger partial charge in [0.25, 0.3) is 5.56 Å². The standard InChI is InChI=1S/C21H17Cl2N5O4/c1-10-15(4-3-14-17(10)21(5-2-6-21)19(30)26-14)32-18-12(22)7-11(8-13(18)23)28-20(31)27(24)16(29)9-25-28/h3-4,7-9H,2,5-6,24H2,1H3,(H,26,30). The van der Waals surface area contributed by atoms with E-state index in [1.54, 1.807) is 6.07 Å². The highest BCUT2D eigenvalue weighted by molar-refractivity contribution is 6.37. The molecule has 11 heteroatoms. The molecule has 1 aliphatic heterocycles. The minimum Gasteiger partial charge on any atom is -0.454 e. The fraction of sp³-hybridized carbons (Fsp3) is 0.238. The number of hydrogen-bond donors (Lipinski definition) is 2. The van der Waals surface area contributed by atoms with Gasteiger partial charge in [0.05, 0.1) is 21.1 Å². The number of fused-ring (bicyclic) bond motifs is 2. The van der Waals surface area contributed by atoms with Crippen LogP contribution < -0.4 is 27.1 Å². The summed E-state index contributed by atoms with van der Waals surface area (Å²) in [6.07, 6.45) is 3.52. The maximum absolute atomic E-state index is 12.6. The second kappa shape index (κ2) is 7.11. The summed E-state index contributed by atoms with van der Waals surface area (Å²) >= 11 is 12.9. The summed E-state index contributed by atoms with van der Waals surface area (Å²) in [5.41, 5.74) is 0.721. The van der Waals surface area contributed by atoms with Crippen molar-refractivity contribution in [3.8, 4) is 17.2 Å². The highest BCUT2D eigenvalue weighted by Gasteiger charge is 2.52. The van der Waals surface area contributed by atoms with Crippen molar-refractivity contribution in [2.45, 2.75) is 31.6 Å². The predicted octanol–water partition coefficient (Wildman–Crippen LogP) is 2.89. The molecule has 164 valence electrons. The Morgan fingerprint density at radius 1 is 1.16 bits per heavy atom. The molecule has 3 aromatic rings. The van der Waals surface area contributed by atoms with Crippen molar-refractivity contribution in [3.05, 3.63) is 72.5 Å². The number of ether oxygens (including phenoxy) is 1. The lowest BCUT2D eigenvalue weighted by molar-refractivity contribution is -0.123. The van der Waals surface area contributed by atoms with E-state index >= 15 is 0 Å². The Kier molecular flexibility index (Phi) is 4.58. The third kappa shape index (κ3) is 2.85. The minimum absolute atomic E-state index is 0.0265. The van der Waals surface area contributed by atoms with Crippen molar-refractivity contribution in [3.63, 3.8) is 0 Å². The number of rotatable bonds is 3. The topological polar surface area (TPSA) is 121 Å². The zero-order valence-electron chi connectivity index (χ0n) is 16.8. The predicted molar refractivity (Wildman–Crippen MR) is 120 cm³/mol. The zero-order valence-corrected chi connectivity index (χ0v) is 18.3. The monoisotopic (exact) mass is 473 g/mol. The molecule has 1 amide bonds. The van der Waals surface area contributed by atoms with E-state index in [4.69, 9.17) is 33.8 Å². The number of nitrogens with one attached hydrogen (secondary N) is 1. The number of nitrogens with two attached hydrogens (primary N) is 1. The number of nitrogen functional groups attached to an aromatic ring is 1. The number of amides is 1. The molecule has 2 aromatic carbocycles. The third-order valence-electron chi connectivity index (χ3n) is 6.13. The molecule has 1 aromatic heterocycles. The molecule has 2 aliphatic rings. The molecule has 0 radical (unpaired) electrons. The normalized spacial score (nSPS) is 15.9. The van der Waals surface area contributed by atoms with E-state index in [9.17, 15) is 14.4 Å². The van der Waals surface area contributed by atoms with Crippen LogP contribution in [-0.4, -0.2) is 20.4 Å². The van der Waals surface area contributed by atoms with E-state index in [1.807, 2.05) is 13.0 Å². The summed E-state index contributed by atoms with van der Waals surface area (Å²) in [5, 5.41) is 7.01. The quantitative estimate of drug-likeness (QED) is 0.564. The molecule has 1 fully saturated rings. The van der Waals surface area contributed by atoms with Crippen molar-refractivity contribution in [1.29, 1.82) is 0 Å². The number of nitrogens with zero attached hydrogens (tertiary/aromatic N) is 3. The van der Waals surface area contributed by atoms with E-state index in [0.29, 0.717) is 10.4 Å². The fourth-order valence-electron chi connectivity index (χ4n) is 4.36. The largest absolute Gasteiger partial charge is 0.454 e. The summed E-state index contributed by atoms with van der Waals surface area (Å²) in [6, 6.07) is 6.43. The number of hydrogen-bond acceptors (Lipinski definition) is 6. The molecule has 9 nitrogen and oxygen atoms in total. The van der Waals surface area contributed by atoms with Crippen LogP contribution in [0.2, 0.25) is 10.0 Å². The van der Waals surface area contributed by atoms with Crippen LogP contribution in [0.3, 0.4) is 0 Å². The van der Waals surface area contributed by atoms with Gasteiger partial charge in [-0.2, -0.15) is 14.5 Å². The Labute approximate surface area is 191 Å². The van der Waals surface area contributed by atoms with Crippen LogP contribution in [0.1, 0.15) is 30.4 Å². The summed E-state index contributed by atoms with van der Waals surface area (Å²) in [4.78, 5) is 36.3. The molecule has 0 saturated heterocycles. The summed E-state index contributed by atoms with van der Waals surface area (Å²) in [6.45, 7) is 1.90. The lowest BCUT2D eigenvalue weighted by Crippen LogP contribution is -2.44. The zero-order chi connectivity index (χ0) is 22.8. The highest BCUT2D eigenvalue weighted by atomic mass is 35.5. The average Bonchev–Trinajstić information content (AvgIpc) is 3.03. The van der Waals surface area contributed by atoms with Gasteiger partial charge in [-0.25, -0.2) is 4.79 Å². The number of carbonyl (C=O) groups excluding carboxylic acids is 1. The Morgan fingerprint density at radius 3 is 2.47 bits per heavy atom. The van der Waals surface area contributed by atoms with E-state index in [1.165, 1.54) is 12.1 Å². The fourth-order valence-corrected chi connectivity index (χ4v) is 4.91. The molecule has 32 heavy (non-hydrogen) atoms. The minimum atomic E-state index is -0.851. The Balaban J connectivity index is 1.55. The SMILES string of the molecule is Cc1c(Oc2c(Cl)cc(-n3ncc(=O)n(N)c3=O)cc2Cl)ccc2c1C1(CCC1)C(=O)N2. The molecule has 3 N–H and O–H groups in total. The number of halogens is 2. The van der Waals surface area contributed by atoms with Crippen LogP contribution in [0.4, 0.5) is 5.69 Å². The van der Waals surface area contributed by atoms with E-state index in [-0.39, 0.29) is 27.4 Å². The molecule has 0 atom stereocenters. The first kappa shape index (κ1) is 20.6. The lowest BCUT2D eigenvalue weighted by Gasteiger charge is -2.37. The summed E-state index contributed by atoms with van der Waals surface area (Å²) < 4.78 is 7.40. The van der Waals surface area contributed by atoms with Gasteiger partial charge in [0.15, 0.2) is 5.75 Å². The van der Waals surface area contributed by atoms with Crippen LogP contribution in [0.15, 0.2) is 40.1 Å². The molecule has 0 bridgehead atoms. The van der Waals surface area contributed by atoms with Crippen molar-refractivity contribution >= 4 is 34.8 Å². The van der Waals surface area contributed by atoms with E-state index < -0.39 is 16.7 Å². The molecule has 1 aliphatic carbocycles. The van der Waals surface area contributed by atoms with Crippen LogP contribution in [-0.2, 0) is 10.2 Å². The maximum Gasteiger partial charge on any atom is 0.370 e. The maximum atomic E-state index is 12.6. The third-order valence-corrected chi connectivity index (χ3v) is 6.69. The second-order valence-corrected chi connectivity index (χ2v) is 8.70. The lowest BCUT2D eigenvalue weighted by atomic mass is 9.64. The smallest absolute Gasteiger partial charge is 0.370 e. The first-order valence-electron chi connectivity index (χ1n) is 9.82. The van der Waals surface area contributed by atoms with Crippen molar-refractivity contribution in [1.82, 2.24) is 14.5 Å². The second-order valence-electron chi connectivity index (χ2n) is 7.89. The van der Waals surface area contributed by atoms with E-state index in [0.717, 1.165) is 47.0 Å². The van der Waals surface area contributed by atoms with Gasteiger partial charge >= 0.3 is 5.69 Å². The molecular formula is C21H17Cl2N5O4. The Hall–Kier alpha value is -3.30. The molecule has 1 spiro atoms. The van der Waals surface area contributed by atoms with Crippen LogP contribution in [0.5, 0.6) is 11.5 Å². The van der Waals surface area contributed by atoms with Crippen molar-refractivity contribution < 1.29 is 9.53 Å². The highest BCUT2D eigenvalue weighted by Crippen LogP contribution is 2.54. The van der Waals surface area contributed by atoms with Gasteiger partial charge in [0.2, 0.25) is 5.91 Å². The van der Waals surface area contributed by atoms with Crippen LogP contribution >= 0.6 is 23.2 Å². The molecule has 2 heterocycles. The van der Waals surface area contributed by atoms with Gasteiger partial charge in [-0.05, 0) is 55.2 Å². The molecule has 1 saturated carbocycles. The van der Waals surface area contributed by atoms with Gasteiger partial charge < -0.3 is 15.9 Å². The first-order chi connectivity index (χ1) is 15.2. The molecule has 0 unspecified atom stereocenters. The summed E-state index contributed by atoms with van der Waals surface area (Å²) in [7, 11) is 0. The number of anilines is 1. The van der Waals surface area contributed by atoms with Gasteiger partial charge in [-0.15, -0.1) is 0 Å². The van der Waals surface area contributed by atoms with Crippen LogP contribution in [0.25, 0.3) is 5.69 Å². The molecule has 5 rings (SSSR count). The van der Waals surface area contributed by atoms with Gasteiger partial charge in [0, 0.05) is 5.69 Å². The number of aromatic nitrogens is 3. The van der Waals surface area contributed by atoms with Crippen molar-refractivity contribution in [2.75, 3.05) is 11.2 Å². The Morgan fingerprint density at radius 2 is 1.84 bits per heavy atom. The average molecular weight is 474 g/mol. The van der Waals surface area contributed by atoms with Gasteiger partial charge in [-0.1, -0.05) is 29.6 Å². The number of carbonyl (C=O) groups is 1. The summed E-state index contributed by atoms with van der Waals surface area (Å²) in [5.74, 6) is 6.19. The molecular weight excluding hydrogens is 457 g/mol. The van der Waals surface area contributed by atoms with Gasteiger partial charge in [0.1, 0.15) is 11.9 Å². The Bertz CT molecular complexity index is 1400. The van der Waals surface area contributed by atoms with Crippen molar-refractivity contribution in [2.24, 2.45) is 0 Å². The first-order valence-corrected chi connectivity index (χ1v) is 10.6. The van der Waals surface area contributed by atoms with Crippen LogP contribution in [0, 0.1) is 6.92 Å². The van der Waals surface area contributed by atoms with Gasteiger partial charge in [-0.3, -0.25) is 9.59 Å². The van der Waals surface area contributed by atoms with E-state index in [2.05, 4.69) is 10.4 Å². The number of benzene rings is 2.